The van der Waals surface area contributed by atoms with E-state index in [-0.39, 0.29) is 11.1 Å². The van der Waals surface area contributed by atoms with Gasteiger partial charge in [0.25, 0.3) is 0 Å². The van der Waals surface area contributed by atoms with E-state index in [1.165, 1.54) is 30.9 Å². The van der Waals surface area contributed by atoms with Crippen molar-refractivity contribution in [2.24, 2.45) is 11.1 Å². The van der Waals surface area contributed by atoms with Gasteiger partial charge >= 0.3 is 0 Å². The van der Waals surface area contributed by atoms with Crippen molar-refractivity contribution >= 4 is 11.8 Å². The van der Waals surface area contributed by atoms with Gasteiger partial charge in [-0.2, -0.15) is 11.8 Å². The molecule has 0 saturated carbocycles. The molecule has 2 N–H and O–H groups in total. The lowest BCUT2D eigenvalue weighted by molar-refractivity contribution is -0.0826. The van der Waals surface area contributed by atoms with Crippen molar-refractivity contribution in [3.8, 4) is 0 Å². The zero-order chi connectivity index (χ0) is 14.1. The highest BCUT2D eigenvalue weighted by molar-refractivity contribution is 7.99. The van der Waals surface area contributed by atoms with Gasteiger partial charge in [0, 0.05) is 31.5 Å². The van der Waals surface area contributed by atoms with Crippen LogP contribution >= 0.6 is 11.8 Å². The number of ether oxygens (including phenoxy) is 1. The Kier molecular flexibility index (Phi) is 4.56. The summed E-state index contributed by atoms with van der Waals surface area (Å²) in [5, 5.41) is 0. The second-order valence-corrected chi connectivity index (χ2v) is 8.43. The molecule has 2 aliphatic heterocycles. The van der Waals surface area contributed by atoms with Crippen LogP contribution in [0.1, 0.15) is 40.0 Å². The standard InChI is InChI=1S/C15H30N2OS/c1-13(2)8-15(9-16,12-19-11-13)17-7-5-6-14(3,10-17)18-4/h5-12,16H2,1-4H3. The maximum atomic E-state index is 6.22. The van der Waals surface area contributed by atoms with E-state index in [1.54, 1.807) is 0 Å². The van der Waals surface area contributed by atoms with Gasteiger partial charge in [0.1, 0.15) is 0 Å². The normalized spacial score (nSPS) is 40.3. The van der Waals surface area contributed by atoms with Gasteiger partial charge in [-0.05, 0) is 43.9 Å². The van der Waals surface area contributed by atoms with Crippen molar-refractivity contribution in [3.05, 3.63) is 0 Å². The molecule has 2 fully saturated rings. The molecule has 0 amide bonds. The van der Waals surface area contributed by atoms with Crippen molar-refractivity contribution < 1.29 is 4.74 Å². The van der Waals surface area contributed by atoms with Crippen LogP contribution in [0.4, 0.5) is 0 Å². The Morgan fingerprint density at radius 2 is 2.00 bits per heavy atom. The van der Waals surface area contributed by atoms with Gasteiger partial charge < -0.3 is 10.5 Å². The van der Waals surface area contributed by atoms with Gasteiger partial charge in [0.15, 0.2) is 0 Å². The molecule has 112 valence electrons. The van der Waals surface area contributed by atoms with Gasteiger partial charge in [-0.25, -0.2) is 0 Å². The van der Waals surface area contributed by atoms with Crippen molar-refractivity contribution in [2.75, 3.05) is 38.2 Å². The van der Waals surface area contributed by atoms with Crippen LogP contribution in [0.5, 0.6) is 0 Å². The lowest BCUT2D eigenvalue weighted by Crippen LogP contribution is -2.64. The number of methoxy groups -OCH3 is 1. The number of piperidine rings is 1. The van der Waals surface area contributed by atoms with Crippen molar-refractivity contribution in [1.82, 2.24) is 4.90 Å². The summed E-state index contributed by atoms with van der Waals surface area (Å²) in [4.78, 5) is 2.63. The average molecular weight is 286 g/mol. The second-order valence-electron chi connectivity index (χ2n) is 7.44. The SMILES string of the molecule is COC1(C)CCCN(C2(CN)CSCC(C)(C)C2)C1. The van der Waals surface area contributed by atoms with E-state index in [9.17, 15) is 0 Å². The van der Waals surface area contributed by atoms with Gasteiger partial charge in [-0.1, -0.05) is 13.8 Å². The van der Waals surface area contributed by atoms with E-state index < -0.39 is 0 Å². The van der Waals surface area contributed by atoms with Crippen molar-refractivity contribution in [3.63, 3.8) is 0 Å². The first-order valence-corrected chi connectivity index (χ1v) is 8.58. The molecule has 0 radical (unpaired) electrons. The molecule has 19 heavy (non-hydrogen) atoms. The molecular formula is C15H30N2OS. The molecule has 3 nitrogen and oxygen atoms in total. The van der Waals surface area contributed by atoms with Crippen LogP contribution in [0.15, 0.2) is 0 Å². The molecule has 4 heteroatoms. The first kappa shape index (κ1) is 15.6. The topological polar surface area (TPSA) is 38.5 Å². The third-order valence-corrected chi connectivity index (χ3v) is 6.60. The predicted molar refractivity (Wildman–Crippen MR) is 83.7 cm³/mol. The van der Waals surface area contributed by atoms with E-state index in [2.05, 4.69) is 37.4 Å². The third kappa shape index (κ3) is 3.29. The Bertz CT molecular complexity index is 323. The van der Waals surface area contributed by atoms with E-state index >= 15 is 0 Å². The summed E-state index contributed by atoms with van der Waals surface area (Å²) >= 11 is 2.07. The molecule has 2 heterocycles. The van der Waals surface area contributed by atoms with Crippen LogP contribution in [0.2, 0.25) is 0 Å². The summed E-state index contributed by atoms with van der Waals surface area (Å²) in [6, 6.07) is 0. The quantitative estimate of drug-likeness (QED) is 0.864. The number of nitrogens with two attached hydrogens (primary N) is 1. The average Bonchev–Trinajstić information content (AvgIpc) is 2.37. The summed E-state index contributed by atoms with van der Waals surface area (Å²) in [6.45, 7) is 9.96. The molecule has 2 aliphatic rings. The number of rotatable bonds is 3. The number of hydrogen-bond donors (Lipinski definition) is 1. The van der Waals surface area contributed by atoms with Gasteiger partial charge in [-0.15, -0.1) is 0 Å². The van der Waals surface area contributed by atoms with Gasteiger partial charge in [0.2, 0.25) is 0 Å². The minimum absolute atomic E-state index is 0.00662. The lowest BCUT2D eigenvalue weighted by atomic mass is 9.77. The molecule has 2 saturated heterocycles. The Hall–Kier alpha value is 0.230. The molecule has 0 aromatic heterocycles. The first-order chi connectivity index (χ1) is 8.85. The summed E-state index contributed by atoms with van der Waals surface area (Å²) in [6.07, 6.45) is 3.59. The maximum absolute atomic E-state index is 6.22. The summed E-state index contributed by atoms with van der Waals surface area (Å²) < 4.78 is 5.75. The fourth-order valence-corrected chi connectivity index (χ4v) is 5.29. The largest absolute Gasteiger partial charge is 0.377 e. The maximum Gasteiger partial charge on any atom is 0.0777 e. The number of nitrogens with zero attached hydrogens (tertiary/aromatic N) is 1. The van der Waals surface area contributed by atoms with Crippen molar-refractivity contribution in [1.29, 1.82) is 0 Å². The Morgan fingerprint density at radius 3 is 2.58 bits per heavy atom. The van der Waals surface area contributed by atoms with E-state index in [4.69, 9.17) is 10.5 Å². The Morgan fingerprint density at radius 1 is 1.26 bits per heavy atom. The number of thioether (sulfide) groups is 1. The highest BCUT2D eigenvalue weighted by Gasteiger charge is 2.46. The Balaban J connectivity index is 2.16. The molecule has 0 aliphatic carbocycles. The van der Waals surface area contributed by atoms with Crippen LogP contribution in [0.3, 0.4) is 0 Å². The molecule has 2 rings (SSSR count). The third-order valence-electron chi connectivity index (χ3n) is 4.87. The second kappa shape index (κ2) is 5.55. The summed E-state index contributed by atoms with van der Waals surface area (Å²) in [5.41, 5.74) is 6.80. The fourth-order valence-electron chi connectivity index (χ4n) is 3.75. The molecular weight excluding hydrogens is 256 g/mol. The smallest absolute Gasteiger partial charge is 0.0777 e. The zero-order valence-corrected chi connectivity index (χ0v) is 13.8. The van der Waals surface area contributed by atoms with Crippen LogP contribution in [0, 0.1) is 5.41 Å². The van der Waals surface area contributed by atoms with E-state index in [1.807, 2.05) is 7.11 Å². The van der Waals surface area contributed by atoms with Crippen LogP contribution in [-0.4, -0.2) is 54.3 Å². The van der Waals surface area contributed by atoms with E-state index in [0.29, 0.717) is 5.41 Å². The van der Waals surface area contributed by atoms with Gasteiger partial charge in [-0.3, -0.25) is 4.90 Å². The molecule has 0 aromatic carbocycles. The lowest BCUT2D eigenvalue weighted by Gasteiger charge is -2.54. The monoisotopic (exact) mass is 286 g/mol. The number of likely N-dealkylation sites (tertiary alicyclic amines) is 1. The first-order valence-electron chi connectivity index (χ1n) is 7.43. The highest BCUT2D eigenvalue weighted by Crippen LogP contribution is 2.43. The van der Waals surface area contributed by atoms with Crippen LogP contribution in [0.25, 0.3) is 0 Å². The zero-order valence-electron chi connectivity index (χ0n) is 13.0. The van der Waals surface area contributed by atoms with Crippen molar-refractivity contribution in [2.45, 2.75) is 51.2 Å². The molecule has 2 unspecified atom stereocenters. The summed E-state index contributed by atoms with van der Waals surface area (Å²) in [5.74, 6) is 2.43. The van der Waals surface area contributed by atoms with Gasteiger partial charge in [0.05, 0.1) is 5.60 Å². The highest BCUT2D eigenvalue weighted by atomic mass is 32.2. The molecule has 0 aromatic rings. The predicted octanol–water partition coefficient (Wildman–Crippen LogP) is 2.35. The molecule has 2 atom stereocenters. The molecule has 0 spiro atoms. The minimum atomic E-state index is 0.00662. The van der Waals surface area contributed by atoms with E-state index in [0.717, 1.165) is 19.5 Å². The Labute approximate surface area is 122 Å². The van der Waals surface area contributed by atoms with Crippen LogP contribution in [-0.2, 0) is 4.74 Å². The summed E-state index contributed by atoms with van der Waals surface area (Å²) in [7, 11) is 1.85. The number of hydrogen-bond acceptors (Lipinski definition) is 4. The molecule has 0 bridgehead atoms. The fraction of sp³-hybridized carbons (Fsp3) is 1.00. The minimum Gasteiger partial charge on any atom is -0.377 e. The van der Waals surface area contributed by atoms with Crippen LogP contribution < -0.4 is 5.73 Å².